The van der Waals surface area contributed by atoms with Gasteiger partial charge >= 0.3 is 0 Å². The smallest absolute Gasteiger partial charge is 0.243 e. The van der Waals surface area contributed by atoms with E-state index >= 15 is 0 Å². The van der Waals surface area contributed by atoms with Crippen LogP contribution in [0.15, 0.2) is 47.4 Å². The van der Waals surface area contributed by atoms with Crippen molar-refractivity contribution in [3.8, 4) is 11.5 Å². The summed E-state index contributed by atoms with van der Waals surface area (Å²) in [5.74, 6) is 0.393. The van der Waals surface area contributed by atoms with E-state index < -0.39 is 10.0 Å². The zero-order valence-corrected chi connectivity index (χ0v) is 19.2. The van der Waals surface area contributed by atoms with Gasteiger partial charge in [0.1, 0.15) is 0 Å². The molecule has 0 saturated carbocycles. The van der Waals surface area contributed by atoms with Crippen LogP contribution >= 0.6 is 0 Å². The second-order valence-corrected chi connectivity index (χ2v) is 10.0. The van der Waals surface area contributed by atoms with Crippen molar-refractivity contribution >= 4 is 33.2 Å². The first kappa shape index (κ1) is 23.1. The Bertz CT molecular complexity index is 1130. The fourth-order valence-corrected chi connectivity index (χ4v) is 5.38. The number of piperidine rings is 1. The molecule has 2 aromatic rings. The van der Waals surface area contributed by atoms with E-state index in [4.69, 9.17) is 9.47 Å². The Balaban J connectivity index is 1.35. The molecule has 2 N–H and O–H groups in total. The lowest BCUT2D eigenvalue weighted by Crippen LogP contribution is -2.41. The van der Waals surface area contributed by atoms with Crippen LogP contribution in [0, 0.1) is 5.92 Å². The number of carbonyl (C=O) groups excluding carboxylic acids is 2. The number of benzene rings is 2. The highest BCUT2D eigenvalue weighted by molar-refractivity contribution is 7.89. The van der Waals surface area contributed by atoms with Crippen LogP contribution in [0.4, 0.5) is 11.4 Å². The van der Waals surface area contributed by atoms with E-state index in [-0.39, 0.29) is 35.7 Å². The van der Waals surface area contributed by atoms with Gasteiger partial charge in [-0.2, -0.15) is 4.31 Å². The van der Waals surface area contributed by atoms with Crippen molar-refractivity contribution < 1.29 is 27.5 Å². The number of anilines is 2. The maximum atomic E-state index is 13.1. The highest BCUT2D eigenvalue weighted by Gasteiger charge is 2.32. The van der Waals surface area contributed by atoms with Crippen LogP contribution in [-0.4, -0.2) is 50.8 Å². The molecule has 1 saturated heterocycles. The molecule has 2 aliphatic heterocycles. The third-order valence-electron chi connectivity index (χ3n) is 5.65. The molecule has 0 unspecified atom stereocenters. The van der Waals surface area contributed by atoms with E-state index in [2.05, 4.69) is 10.6 Å². The molecule has 33 heavy (non-hydrogen) atoms. The third kappa shape index (κ3) is 5.45. The van der Waals surface area contributed by atoms with Gasteiger partial charge < -0.3 is 20.1 Å². The monoisotopic (exact) mass is 473 g/mol. The molecule has 0 spiro atoms. The number of fused-ring (bicyclic) bond motifs is 1. The molecule has 0 aliphatic carbocycles. The van der Waals surface area contributed by atoms with Gasteiger partial charge in [-0.3, -0.25) is 9.59 Å². The molecule has 0 bridgehead atoms. The standard InChI is InChI=1S/C23H27N3O6S/c1-16(27)24-18-3-5-19(6-4-18)25-23(28)17-9-11-26(12-10-17)33(29,30)20-7-8-21-22(15-20)32-14-2-13-31-21/h3-8,15,17H,2,9-14H2,1H3,(H,24,27)(H,25,28). The summed E-state index contributed by atoms with van der Waals surface area (Å²) < 4.78 is 38.9. The molecule has 2 aliphatic rings. The van der Waals surface area contributed by atoms with Crippen LogP contribution in [0.2, 0.25) is 0 Å². The molecule has 0 atom stereocenters. The summed E-state index contributed by atoms with van der Waals surface area (Å²) in [4.78, 5) is 23.9. The summed E-state index contributed by atoms with van der Waals surface area (Å²) >= 11 is 0. The van der Waals surface area contributed by atoms with E-state index in [0.29, 0.717) is 48.9 Å². The number of carbonyl (C=O) groups is 2. The predicted molar refractivity (Wildman–Crippen MR) is 123 cm³/mol. The molecule has 0 aromatic heterocycles. The summed E-state index contributed by atoms with van der Waals surface area (Å²) in [5, 5.41) is 5.54. The molecular formula is C23H27N3O6S. The van der Waals surface area contributed by atoms with E-state index in [0.717, 1.165) is 6.42 Å². The maximum absolute atomic E-state index is 13.1. The Morgan fingerprint density at radius 2 is 1.52 bits per heavy atom. The van der Waals surface area contributed by atoms with Gasteiger partial charge in [0.05, 0.1) is 18.1 Å². The normalized spacial score (nSPS) is 17.1. The Morgan fingerprint density at radius 1 is 0.909 bits per heavy atom. The number of amides is 2. The van der Waals surface area contributed by atoms with Crippen LogP contribution < -0.4 is 20.1 Å². The van der Waals surface area contributed by atoms with Gasteiger partial charge in [0.15, 0.2) is 11.5 Å². The zero-order valence-electron chi connectivity index (χ0n) is 18.4. The molecule has 176 valence electrons. The molecule has 2 amide bonds. The highest BCUT2D eigenvalue weighted by Crippen LogP contribution is 2.34. The van der Waals surface area contributed by atoms with Crippen molar-refractivity contribution in [3.05, 3.63) is 42.5 Å². The van der Waals surface area contributed by atoms with Crippen LogP contribution in [0.25, 0.3) is 0 Å². The topological polar surface area (TPSA) is 114 Å². The Kier molecular flexibility index (Phi) is 6.85. The third-order valence-corrected chi connectivity index (χ3v) is 7.55. The minimum absolute atomic E-state index is 0.144. The van der Waals surface area contributed by atoms with Gasteiger partial charge in [-0.25, -0.2) is 8.42 Å². The SMILES string of the molecule is CC(=O)Nc1ccc(NC(=O)C2CCN(S(=O)(=O)c3ccc4c(c3)OCCCO4)CC2)cc1. The van der Waals surface area contributed by atoms with Crippen molar-refractivity contribution in [3.63, 3.8) is 0 Å². The van der Waals surface area contributed by atoms with Crippen LogP contribution in [0.3, 0.4) is 0 Å². The number of rotatable bonds is 5. The first-order valence-electron chi connectivity index (χ1n) is 10.9. The van der Waals surface area contributed by atoms with Crippen molar-refractivity contribution in [2.45, 2.75) is 31.1 Å². The molecule has 10 heteroatoms. The number of ether oxygens (including phenoxy) is 2. The number of nitrogens with zero attached hydrogens (tertiary/aromatic N) is 1. The molecule has 9 nitrogen and oxygen atoms in total. The second-order valence-electron chi connectivity index (χ2n) is 8.09. The van der Waals surface area contributed by atoms with Crippen molar-refractivity contribution in [1.82, 2.24) is 4.31 Å². The van der Waals surface area contributed by atoms with E-state index in [1.807, 2.05) is 0 Å². The molecule has 1 fully saturated rings. The first-order chi connectivity index (χ1) is 15.8. The Labute approximate surface area is 193 Å². The minimum atomic E-state index is -3.70. The lowest BCUT2D eigenvalue weighted by molar-refractivity contribution is -0.121. The summed E-state index contributed by atoms with van der Waals surface area (Å²) in [5.41, 5.74) is 1.27. The summed E-state index contributed by atoms with van der Waals surface area (Å²) in [6, 6.07) is 11.5. The zero-order chi connectivity index (χ0) is 23.4. The average Bonchev–Trinajstić information content (AvgIpc) is 3.05. The fourth-order valence-electron chi connectivity index (χ4n) is 3.90. The van der Waals surface area contributed by atoms with Crippen molar-refractivity contribution in [2.24, 2.45) is 5.92 Å². The van der Waals surface area contributed by atoms with Crippen LogP contribution in [-0.2, 0) is 19.6 Å². The minimum Gasteiger partial charge on any atom is -0.490 e. The van der Waals surface area contributed by atoms with Gasteiger partial charge in [0.25, 0.3) is 0 Å². The summed E-state index contributed by atoms with van der Waals surface area (Å²) in [6.45, 7) is 2.96. The molecule has 0 radical (unpaired) electrons. The van der Waals surface area contributed by atoms with Crippen LogP contribution in [0.5, 0.6) is 11.5 Å². The molecule has 4 rings (SSSR count). The largest absolute Gasteiger partial charge is 0.490 e. The van der Waals surface area contributed by atoms with E-state index in [9.17, 15) is 18.0 Å². The van der Waals surface area contributed by atoms with Gasteiger partial charge in [-0.1, -0.05) is 0 Å². The summed E-state index contributed by atoms with van der Waals surface area (Å²) in [6.07, 6.45) is 1.60. The highest BCUT2D eigenvalue weighted by atomic mass is 32.2. The van der Waals surface area contributed by atoms with Gasteiger partial charge in [0.2, 0.25) is 21.8 Å². The number of sulfonamides is 1. The molecule has 2 heterocycles. The lowest BCUT2D eigenvalue weighted by Gasteiger charge is -2.30. The predicted octanol–water partition coefficient (Wildman–Crippen LogP) is 2.85. The van der Waals surface area contributed by atoms with Gasteiger partial charge in [-0.15, -0.1) is 0 Å². The average molecular weight is 474 g/mol. The first-order valence-corrected chi connectivity index (χ1v) is 12.4. The molecular weight excluding hydrogens is 446 g/mol. The van der Waals surface area contributed by atoms with E-state index in [1.54, 1.807) is 30.3 Å². The lowest BCUT2D eigenvalue weighted by atomic mass is 9.97. The Morgan fingerprint density at radius 3 is 2.15 bits per heavy atom. The molecule has 2 aromatic carbocycles. The number of hydrogen-bond donors (Lipinski definition) is 2. The second kappa shape index (κ2) is 9.80. The van der Waals surface area contributed by atoms with Crippen molar-refractivity contribution in [1.29, 1.82) is 0 Å². The van der Waals surface area contributed by atoms with Gasteiger partial charge in [-0.05, 0) is 49.2 Å². The quantitative estimate of drug-likeness (QED) is 0.690. The maximum Gasteiger partial charge on any atom is 0.243 e. The van der Waals surface area contributed by atoms with Crippen molar-refractivity contribution in [2.75, 3.05) is 36.9 Å². The van der Waals surface area contributed by atoms with E-state index in [1.165, 1.54) is 23.4 Å². The summed E-state index contributed by atoms with van der Waals surface area (Å²) in [7, 11) is -3.70. The Hall–Kier alpha value is -3.11. The number of hydrogen-bond acceptors (Lipinski definition) is 6. The van der Waals surface area contributed by atoms with Crippen LogP contribution in [0.1, 0.15) is 26.2 Å². The van der Waals surface area contributed by atoms with Gasteiger partial charge in [0, 0.05) is 49.8 Å². The fraction of sp³-hybridized carbons (Fsp3) is 0.391. The number of nitrogens with one attached hydrogen (secondary N) is 2.